The minimum Gasteiger partial charge on any atom is -0.481 e. The summed E-state index contributed by atoms with van der Waals surface area (Å²) in [5.41, 5.74) is 0. The standard InChI is InChI=1S/C11H20N2O3/c1-8(2)13(7-5-10(14)15)9-4-6-12(3)11(9)16/h8-9H,4-7H2,1-3H3,(H,14,15). The lowest BCUT2D eigenvalue weighted by atomic mass is 10.1. The predicted octanol–water partition coefficient (Wildman–Crippen LogP) is 0.402. The Morgan fingerprint density at radius 3 is 2.62 bits per heavy atom. The largest absolute Gasteiger partial charge is 0.481 e. The molecule has 1 N–H and O–H groups in total. The fraction of sp³-hybridized carbons (Fsp3) is 0.818. The van der Waals surface area contributed by atoms with Gasteiger partial charge in [-0.05, 0) is 20.3 Å². The molecule has 1 heterocycles. The summed E-state index contributed by atoms with van der Waals surface area (Å²) < 4.78 is 0. The second-order valence-corrected chi connectivity index (χ2v) is 4.54. The number of carbonyl (C=O) groups excluding carboxylic acids is 1. The lowest BCUT2D eigenvalue weighted by molar-refractivity contribution is -0.139. The van der Waals surface area contributed by atoms with Crippen molar-refractivity contribution in [1.82, 2.24) is 9.80 Å². The van der Waals surface area contributed by atoms with E-state index >= 15 is 0 Å². The Morgan fingerprint density at radius 2 is 2.25 bits per heavy atom. The van der Waals surface area contributed by atoms with Gasteiger partial charge < -0.3 is 10.0 Å². The number of amides is 1. The average Bonchev–Trinajstić information content (AvgIpc) is 2.49. The summed E-state index contributed by atoms with van der Waals surface area (Å²) in [6, 6.07) is 0.0594. The summed E-state index contributed by atoms with van der Waals surface area (Å²) >= 11 is 0. The number of rotatable bonds is 5. The Morgan fingerprint density at radius 1 is 1.62 bits per heavy atom. The van der Waals surface area contributed by atoms with Crippen molar-refractivity contribution in [3.63, 3.8) is 0 Å². The van der Waals surface area contributed by atoms with Crippen LogP contribution < -0.4 is 0 Å². The zero-order chi connectivity index (χ0) is 12.3. The highest BCUT2D eigenvalue weighted by Crippen LogP contribution is 2.18. The zero-order valence-electron chi connectivity index (χ0n) is 10.1. The molecule has 1 unspecified atom stereocenters. The molecule has 5 nitrogen and oxygen atoms in total. The van der Waals surface area contributed by atoms with Crippen molar-refractivity contribution in [3.05, 3.63) is 0 Å². The summed E-state index contributed by atoms with van der Waals surface area (Å²) in [5.74, 6) is -0.705. The molecule has 16 heavy (non-hydrogen) atoms. The summed E-state index contributed by atoms with van der Waals surface area (Å²) in [6.45, 7) is 5.19. The summed E-state index contributed by atoms with van der Waals surface area (Å²) in [4.78, 5) is 26.1. The van der Waals surface area contributed by atoms with Gasteiger partial charge in [0, 0.05) is 26.2 Å². The van der Waals surface area contributed by atoms with Crippen molar-refractivity contribution in [2.75, 3.05) is 20.1 Å². The fourth-order valence-corrected chi connectivity index (χ4v) is 2.11. The molecule has 5 heteroatoms. The number of nitrogens with zero attached hydrogens (tertiary/aromatic N) is 2. The summed E-state index contributed by atoms with van der Waals surface area (Å²) in [7, 11) is 1.79. The molecule has 1 amide bonds. The molecular weight excluding hydrogens is 208 g/mol. The third-order valence-corrected chi connectivity index (χ3v) is 3.05. The molecule has 0 spiro atoms. The van der Waals surface area contributed by atoms with Crippen LogP contribution in [0.5, 0.6) is 0 Å². The summed E-state index contributed by atoms with van der Waals surface area (Å²) in [5, 5.41) is 8.68. The molecule has 0 radical (unpaired) electrons. The molecular formula is C11H20N2O3. The average molecular weight is 228 g/mol. The van der Waals surface area contributed by atoms with E-state index in [2.05, 4.69) is 0 Å². The number of aliphatic carboxylic acids is 1. The number of hydrogen-bond donors (Lipinski definition) is 1. The SMILES string of the molecule is CC(C)N(CCC(=O)O)C1CCN(C)C1=O. The van der Waals surface area contributed by atoms with Crippen molar-refractivity contribution >= 4 is 11.9 Å². The van der Waals surface area contributed by atoms with Crippen LogP contribution in [0.2, 0.25) is 0 Å². The smallest absolute Gasteiger partial charge is 0.304 e. The van der Waals surface area contributed by atoms with E-state index in [1.807, 2.05) is 18.7 Å². The van der Waals surface area contributed by atoms with E-state index < -0.39 is 5.97 Å². The number of likely N-dealkylation sites (tertiary alicyclic amines) is 1. The van der Waals surface area contributed by atoms with Crippen LogP contribution in [0.3, 0.4) is 0 Å². The maximum absolute atomic E-state index is 11.8. The van der Waals surface area contributed by atoms with E-state index in [1.165, 1.54) is 0 Å². The van der Waals surface area contributed by atoms with Gasteiger partial charge in [0.1, 0.15) is 0 Å². The van der Waals surface area contributed by atoms with Gasteiger partial charge in [-0.3, -0.25) is 14.5 Å². The number of likely N-dealkylation sites (N-methyl/N-ethyl adjacent to an activating group) is 1. The van der Waals surface area contributed by atoms with Gasteiger partial charge in [0.15, 0.2) is 0 Å². The Bertz CT molecular complexity index is 278. The fourth-order valence-electron chi connectivity index (χ4n) is 2.11. The minimum atomic E-state index is -0.815. The van der Waals surface area contributed by atoms with E-state index in [-0.39, 0.29) is 24.4 Å². The topological polar surface area (TPSA) is 60.9 Å². The zero-order valence-corrected chi connectivity index (χ0v) is 10.1. The molecule has 1 fully saturated rings. The Balaban J connectivity index is 2.63. The molecule has 0 aliphatic carbocycles. The summed E-state index contributed by atoms with van der Waals surface area (Å²) in [6.07, 6.45) is 0.888. The third kappa shape index (κ3) is 2.95. The van der Waals surface area contributed by atoms with Crippen LogP contribution in [-0.4, -0.2) is 59.0 Å². The van der Waals surface area contributed by atoms with Crippen LogP contribution in [0.15, 0.2) is 0 Å². The van der Waals surface area contributed by atoms with Crippen LogP contribution in [0, 0.1) is 0 Å². The van der Waals surface area contributed by atoms with E-state index in [1.54, 1.807) is 11.9 Å². The predicted molar refractivity (Wildman–Crippen MR) is 60.1 cm³/mol. The Hall–Kier alpha value is -1.10. The first kappa shape index (κ1) is 13.0. The van der Waals surface area contributed by atoms with Crippen molar-refractivity contribution in [2.24, 2.45) is 0 Å². The minimum absolute atomic E-state index is 0.0890. The highest BCUT2D eigenvalue weighted by atomic mass is 16.4. The number of carbonyl (C=O) groups is 2. The molecule has 1 saturated heterocycles. The quantitative estimate of drug-likeness (QED) is 0.740. The van der Waals surface area contributed by atoms with Crippen molar-refractivity contribution in [2.45, 2.75) is 38.8 Å². The van der Waals surface area contributed by atoms with Crippen molar-refractivity contribution in [3.8, 4) is 0 Å². The normalized spacial score (nSPS) is 21.2. The molecule has 1 atom stereocenters. The van der Waals surface area contributed by atoms with Gasteiger partial charge in [-0.25, -0.2) is 0 Å². The number of carboxylic acid groups (broad SMARTS) is 1. The van der Waals surface area contributed by atoms with Gasteiger partial charge >= 0.3 is 5.97 Å². The maximum atomic E-state index is 11.8. The van der Waals surface area contributed by atoms with E-state index in [9.17, 15) is 9.59 Å². The van der Waals surface area contributed by atoms with Gasteiger partial charge in [0.2, 0.25) is 5.91 Å². The Labute approximate surface area is 96.0 Å². The van der Waals surface area contributed by atoms with Gasteiger partial charge in [-0.2, -0.15) is 0 Å². The van der Waals surface area contributed by atoms with Gasteiger partial charge in [-0.1, -0.05) is 0 Å². The van der Waals surface area contributed by atoms with Crippen LogP contribution in [0.1, 0.15) is 26.7 Å². The van der Waals surface area contributed by atoms with Crippen LogP contribution in [-0.2, 0) is 9.59 Å². The van der Waals surface area contributed by atoms with Crippen molar-refractivity contribution < 1.29 is 14.7 Å². The highest BCUT2D eigenvalue weighted by molar-refractivity contribution is 5.83. The lowest BCUT2D eigenvalue weighted by Gasteiger charge is -2.30. The molecule has 0 aromatic heterocycles. The molecule has 0 bridgehead atoms. The van der Waals surface area contributed by atoms with E-state index in [0.717, 1.165) is 13.0 Å². The highest BCUT2D eigenvalue weighted by Gasteiger charge is 2.35. The molecule has 92 valence electrons. The second kappa shape index (κ2) is 5.30. The molecule has 0 aromatic rings. The second-order valence-electron chi connectivity index (χ2n) is 4.54. The van der Waals surface area contributed by atoms with Crippen LogP contribution in [0.25, 0.3) is 0 Å². The Kier molecular flexibility index (Phi) is 4.29. The molecule has 0 saturated carbocycles. The van der Waals surface area contributed by atoms with Crippen LogP contribution >= 0.6 is 0 Å². The van der Waals surface area contributed by atoms with Gasteiger partial charge in [0.05, 0.1) is 12.5 Å². The molecule has 0 aromatic carbocycles. The first-order valence-corrected chi connectivity index (χ1v) is 5.66. The maximum Gasteiger partial charge on any atom is 0.304 e. The first-order chi connectivity index (χ1) is 7.43. The number of carboxylic acids is 1. The van der Waals surface area contributed by atoms with E-state index in [4.69, 9.17) is 5.11 Å². The van der Waals surface area contributed by atoms with Crippen molar-refractivity contribution in [1.29, 1.82) is 0 Å². The molecule has 1 aliphatic heterocycles. The monoisotopic (exact) mass is 228 g/mol. The van der Waals surface area contributed by atoms with Gasteiger partial charge in [0.25, 0.3) is 0 Å². The van der Waals surface area contributed by atoms with Gasteiger partial charge in [-0.15, -0.1) is 0 Å². The number of hydrogen-bond acceptors (Lipinski definition) is 3. The lowest BCUT2D eigenvalue weighted by Crippen LogP contribution is -2.45. The van der Waals surface area contributed by atoms with E-state index in [0.29, 0.717) is 6.54 Å². The van der Waals surface area contributed by atoms with Crippen LogP contribution in [0.4, 0.5) is 0 Å². The molecule has 1 rings (SSSR count). The first-order valence-electron chi connectivity index (χ1n) is 5.66. The molecule has 1 aliphatic rings. The third-order valence-electron chi connectivity index (χ3n) is 3.05.